The lowest BCUT2D eigenvalue weighted by molar-refractivity contribution is 0.671. The molecule has 0 aromatic heterocycles. The molecule has 1 aromatic rings. The van der Waals surface area contributed by atoms with Crippen molar-refractivity contribution in [3.63, 3.8) is 0 Å². The summed E-state index contributed by atoms with van der Waals surface area (Å²) in [5.74, 6) is 0. The van der Waals surface area contributed by atoms with Gasteiger partial charge in [-0.1, -0.05) is 38.2 Å². The lowest BCUT2D eigenvalue weighted by Crippen LogP contribution is -2.20. The smallest absolute Gasteiger partial charge is 0.106 e. The van der Waals surface area contributed by atoms with E-state index in [2.05, 4.69) is 19.2 Å². The molecule has 3 heteroatoms. The third-order valence-electron chi connectivity index (χ3n) is 2.54. The SMILES string of the molecule is CCC(CC)Nc1ccccc1C(N)=S. The first-order chi connectivity index (χ1) is 7.19. The fraction of sp³-hybridized carbons (Fsp3) is 0.417. The van der Waals surface area contributed by atoms with Gasteiger partial charge in [-0.2, -0.15) is 0 Å². The van der Waals surface area contributed by atoms with Gasteiger partial charge in [0, 0.05) is 17.3 Å². The molecule has 0 unspecified atom stereocenters. The van der Waals surface area contributed by atoms with Gasteiger partial charge in [0.1, 0.15) is 4.99 Å². The van der Waals surface area contributed by atoms with E-state index < -0.39 is 0 Å². The van der Waals surface area contributed by atoms with E-state index in [4.69, 9.17) is 18.0 Å². The largest absolute Gasteiger partial charge is 0.389 e. The van der Waals surface area contributed by atoms with Gasteiger partial charge < -0.3 is 11.1 Å². The summed E-state index contributed by atoms with van der Waals surface area (Å²) in [6, 6.07) is 8.40. The maximum absolute atomic E-state index is 5.66. The Morgan fingerprint density at radius 2 is 1.93 bits per heavy atom. The van der Waals surface area contributed by atoms with Gasteiger partial charge in [-0.3, -0.25) is 0 Å². The highest BCUT2D eigenvalue weighted by molar-refractivity contribution is 7.80. The standard InChI is InChI=1S/C12H18N2S/c1-3-9(4-2)14-11-8-6-5-7-10(11)12(13)15/h5-9,14H,3-4H2,1-2H3,(H2,13,15). The molecule has 0 saturated carbocycles. The highest BCUT2D eigenvalue weighted by atomic mass is 32.1. The molecule has 15 heavy (non-hydrogen) atoms. The second-order valence-electron chi connectivity index (χ2n) is 3.57. The number of nitrogens with two attached hydrogens (primary N) is 1. The van der Waals surface area contributed by atoms with E-state index in [1.807, 2.05) is 24.3 Å². The summed E-state index contributed by atoms with van der Waals surface area (Å²) in [6.07, 6.45) is 2.20. The van der Waals surface area contributed by atoms with Gasteiger partial charge in [0.15, 0.2) is 0 Å². The summed E-state index contributed by atoms with van der Waals surface area (Å²) in [5, 5.41) is 3.46. The Bertz CT molecular complexity index is 332. The van der Waals surface area contributed by atoms with Crippen LogP contribution in [0.3, 0.4) is 0 Å². The molecule has 0 spiro atoms. The molecule has 0 atom stereocenters. The van der Waals surface area contributed by atoms with Crippen molar-refractivity contribution in [1.82, 2.24) is 0 Å². The molecule has 0 heterocycles. The number of benzene rings is 1. The van der Waals surface area contributed by atoms with Gasteiger partial charge in [-0.05, 0) is 25.0 Å². The van der Waals surface area contributed by atoms with Crippen molar-refractivity contribution < 1.29 is 0 Å². The molecule has 3 N–H and O–H groups in total. The van der Waals surface area contributed by atoms with Crippen LogP contribution in [0, 0.1) is 0 Å². The van der Waals surface area contributed by atoms with Gasteiger partial charge in [0.25, 0.3) is 0 Å². The zero-order valence-corrected chi connectivity index (χ0v) is 10.1. The average Bonchev–Trinajstić information content (AvgIpc) is 2.26. The predicted octanol–water partition coefficient (Wildman–Crippen LogP) is 2.92. The fourth-order valence-corrected chi connectivity index (χ4v) is 1.71. The van der Waals surface area contributed by atoms with E-state index in [0.717, 1.165) is 24.1 Å². The number of anilines is 1. The van der Waals surface area contributed by atoms with Crippen LogP contribution in [-0.2, 0) is 0 Å². The normalized spacial score (nSPS) is 10.3. The van der Waals surface area contributed by atoms with Crippen molar-refractivity contribution in [3.8, 4) is 0 Å². The van der Waals surface area contributed by atoms with Crippen LogP contribution in [0.2, 0.25) is 0 Å². The average molecular weight is 222 g/mol. The van der Waals surface area contributed by atoms with Crippen LogP contribution in [0.5, 0.6) is 0 Å². The lowest BCUT2D eigenvalue weighted by Gasteiger charge is -2.18. The maximum atomic E-state index is 5.66. The Kier molecular flexibility index (Phi) is 4.56. The first-order valence-corrected chi connectivity index (χ1v) is 5.75. The van der Waals surface area contributed by atoms with Crippen LogP contribution in [-0.4, -0.2) is 11.0 Å². The van der Waals surface area contributed by atoms with Crippen molar-refractivity contribution >= 4 is 22.9 Å². The van der Waals surface area contributed by atoms with Gasteiger partial charge in [0.2, 0.25) is 0 Å². The molecule has 82 valence electrons. The van der Waals surface area contributed by atoms with E-state index in [9.17, 15) is 0 Å². The molecule has 0 saturated heterocycles. The molecule has 0 aliphatic heterocycles. The quantitative estimate of drug-likeness (QED) is 0.752. The van der Waals surface area contributed by atoms with E-state index in [0.29, 0.717) is 11.0 Å². The minimum absolute atomic E-state index is 0.448. The summed E-state index contributed by atoms with van der Waals surface area (Å²) >= 11 is 5.01. The summed E-state index contributed by atoms with van der Waals surface area (Å²) in [5.41, 5.74) is 7.64. The zero-order chi connectivity index (χ0) is 11.3. The Morgan fingerprint density at radius 1 is 1.33 bits per heavy atom. The van der Waals surface area contributed by atoms with Crippen molar-refractivity contribution in [2.75, 3.05) is 5.32 Å². The third kappa shape index (κ3) is 3.20. The summed E-state index contributed by atoms with van der Waals surface area (Å²) < 4.78 is 0. The molecule has 0 aliphatic rings. The number of hydrogen-bond acceptors (Lipinski definition) is 2. The molecule has 1 aromatic carbocycles. The second kappa shape index (κ2) is 5.71. The van der Waals surface area contributed by atoms with Crippen LogP contribution in [0.1, 0.15) is 32.3 Å². The molecule has 0 aliphatic carbocycles. The molecule has 0 radical (unpaired) electrons. The molecule has 0 fully saturated rings. The van der Waals surface area contributed by atoms with E-state index >= 15 is 0 Å². The number of nitrogens with one attached hydrogen (secondary N) is 1. The minimum atomic E-state index is 0.448. The Balaban J connectivity index is 2.88. The predicted molar refractivity (Wildman–Crippen MR) is 70.3 cm³/mol. The van der Waals surface area contributed by atoms with Crippen molar-refractivity contribution in [3.05, 3.63) is 29.8 Å². The Labute approximate surface area is 96.9 Å². The van der Waals surface area contributed by atoms with Crippen LogP contribution >= 0.6 is 12.2 Å². The Morgan fingerprint density at radius 3 is 2.47 bits per heavy atom. The van der Waals surface area contributed by atoms with Crippen molar-refractivity contribution in [2.24, 2.45) is 5.73 Å². The molecular formula is C12H18N2S. The van der Waals surface area contributed by atoms with Crippen molar-refractivity contribution in [2.45, 2.75) is 32.7 Å². The monoisotopic (exact) mass is 222 g/mol. The van der Waals surface area contributed by atoms with Gasteiger partial charge in [-0.25, -0.2) is 0 Å². The summed E-state index contributed by atoms with van der Waals surface area (Å²) in [7, 11) is 0. The first kappa shape index (κ1) is 12.0. The second-order valence-corrected chi connectivity index (χ2v) is 4.01. The van der Waals surface area contributed by atoms with Crippen LogP contribution in [0.4, 0.5) is 5.69 Å². The van der Waals surface area contributed by atoms with E-state index in [1.54, 1.807) is 0 Å². The molecule has 2 nitrogen and oxygen atoms in total. The van der Waals surface area contributed by atoms with E-state index in [-0.39, 0.29) is 0 Å². The van der Waals surface area contributed by atoms with E-state index in [1.165, 1.54) is 0 Å². The molecule has 1 rings (SSSR count). The molecule has 0 amide bonds. The number of rotatable bonds is 5. The molecule has 0 bridgehead atoms. The van der Waals surface area contributed by atoms with Crippen LogP contribution in [0.25, 0.3) is 0 Å². The van der Waals surface area contributed by atoms with Crippen LogP contribution < -0.4 is 11.1 Å². The zero-order valence-electron chi connectivity index (χ0n) is 9.29. The van der Waals surface area contributed by atoms with Crippen molar-refractivity contribution in [1.29, 1.82) is 0 Å². The topological polar surface area (TPSA) is 38.0 Å². The highest BCUT2D eigenvalue weighted by Gasteiger charge is 2.07. The number of para-hydroxylation sites is 1. The van der Waals surface area contributed by atoms with Crippen LogP contribution in [0.15, 0.2) is 24.3 Å². The number of hydrogen-bond donors (Lipinski definition) is 2. The summed E-state index contributed by atoms with van der Waals surface area (Å²) in [4.78, 5) is 0.448. The van der Waals surface area contributed by atoms with Gasteiger partial charge >= 0.3 is 0 Å². The first-order valence-electron chi connectivity index (χ1n) is 5.34. The minimum Gasteiger partial charge on any atom is -0.389 e. The Hall–Kier alpha value is -1.09. The number of thiocarbonyl (C=S) groups is 1. The third-order valence-corrected chi connectivity index (χ3v) is 2.76. The highest BCUT2D eigenvalue weighted by Crippen LogP contribution is 2.17. The maximum Gasteiger partial charge on any atom is 0.106 e. The lowest BCUT2D eigenvalue weighted by atomic mass is 10.1. The summed E-state index contributed by atoms with van der Waals surface area (Å²) in [6.45, 7) is 4.34. The molecular weight excluding hydrogens is 204 g/mol. The van der Waals surface area contributed by atoms with Gasteiger partial charge in [-0.15, -0.1) is 0 Å². The van der Waals surface area contributed by atoms with Gasteiger partial charge in [0.05, 0.1) is 0 Å². The fourth-order valence-electron chi connectivity index (χ4n) is 1.54.